The lowest BCUT2D eigenvalue weighted by Gasteiger charge is -2.34. The number of hydrogen-bond acceptors (Lipinski definition) is 2. The van der Waals surface area contributed by atoms with Gasteiger partial charge in [0.15, 0.2) is 0 Å². The summed E-state index contributed by atoms with van der Waals surface area (Å²) in [6, 6.07) is 17.1. The Morgan fingerprint density at radius 3 is 1.36 bits per heavy atom. The van der Waals surface area contributed by atoms with Crippen molar-refractivity contribution >= 4 is 23.1 Å². The minimum Gasteiger partial charge on any atom is -0.480 e. The van der Waals surface area contributed by atoms with Crippen LogP contribution in [0.5, 0.6) is 0 Å². The molecule has 0 radical (unpaired) electrons. The highest BCUT2D eigenvalue weighted by atomic mass is 16.4. The van der Waals surface area contributed by atoms with Gasteiger partial charge in [0, 0.05) is 0 Å². The summed E-state index contributed by atoms with van der Waals surface area (Å²) in [5.41, 5.74) is -1.37. The van der Waals surface area contributed by atoms with E-state index in [4.69, 9.17) is 0 Å². The Kier molecular flexibility index (Phi) is 5.03. The highest BCUT2D eigenvalue weighted by Crippen LogP contribution is 2.49. The first-order valence-electron chi connectivity index (χ1n) is 7.49. The second kappa shape index (κ2) is 7.01. The first-order valence-corrected chi connectivity index (χ1v) is 7.49. The molecule has 2 aromatic rings. The maximum Gasteiger partial charge on any atom is 0.332 e. The van der Waals surface area contributed by atoms with Gasteiger partial charge in [-0.15, -0.1) is 0 Å². The van der Waals surface area contributed by atoms with Crippen LogP contribution in [-0.4, -0.2) is 22.2 Å². The van der Waals surface area contributed by atoms with Gasteiger partial charge in [-0.05, 0) is 22.3 Å². The van der Waals surface area contributed by atoms with Crippen molar-refractivity contribution in [2.45, 2.75) is 0 Å². The standard InChI is InChI=1S/C21H18O4/c1-14(17-10-6-4-7-11-17)21(20(24)25,16(3)19(22)23)15(2)18-12-8-5-9-13-18/h4-13H,1-3H2,(H,22,23)(H,24,25). The average Bonchev–Trinajstić information content (AvgIpc) is 2.63. The van der Waals surface area contributed by atoms with Crippen LogP contribution in [0.1, 0.15) is 11.1 Å². The number of carboxylic acids is 2. The third kappa shape index (κ3) is 3.02. The van der Waals surface area contributed by atoms with E-state index in [9.17, 15) is 19.8 Å². The van der Waals surface area contributed by atoms with Gasteiger partial charge in [-0.3, -0.25) is 4.79 Å². The smallest absolute Gasteiger partial charge is 0.332 e. The second-order valence-electron chi connectivity index (χ2n) is 5.53. The van der Waals surface area contributed by atoms with Crippen molar-refractivity contribution in [2.75, 3.05) is 0 Å². The second-order valence-corrected chi connectivity index (χ2v) is 5.53. The molecule has 0 saturated carbocycles. The Labute approximate surface area is 146 Å². The van der Waals surface area contributed by atoms with E-state index in [1.807, 2.05) is 0 Å². The lowest BCUT2D eigenvalue weighted by atomic mass is 9.66. The zero-order chi connectivity index (χ0) is 18.6. The van der Waals surface area contributed by atoms with E-state index in [0.717, 1.165) is 0 Å². The van der Waals surface area contributed by atoms with E-state index in [0.29, 0.717) is 11.1 Å². The Hall–Kier alpha value is -3.40. The molecule has 25 heavy (non-hydrogen) atoms. The molecule has 2 N–H and O–H groups in total. The molecule has 0 aliphatic rings. The first-order chi connectivity index (χ1) is 11.8. The van der Waals surface area contributed by atoms with Gasteiger partial charge in [0.05, 0.1) is 5.57 Å². The fourth-order valence-electron chi connectivity index (χ4n) is 2.81. The van der Waals surface area contributed by atoms with Crippen LogP contribution in [0.2, 0.25) is 0 Å². The average molecular weight is 334 g/mol. The van der Waals surface area contributed by atoms with Crippen molar-refractivity contribution in [3.05, 3.63) is 97.1 Å². The fraction of sp³-hybridized carbons (Fsp3) is 0.0476. The molecular formula is C21H18O4. The number of hydrogen-bond donors (Lipinski definition) is 2. The Morgan fingerprint density at radius 2 is 1.08 bits per heavy atom. The van der Waals surface area contributed by atoms with Gasteiger partial charge in [0.2, 0.25) is 0 Å². The maximum atomic E-state index is 12.4. The normalized spacial score (nSPS) is 10.7. The summed E-state index contributed by atoms with van der Waals surface area (Å²) >= 11 is 0. The minimum atomic E-state index is -2.06. The van der Waals surface area contributed by atoms with Gasteiger partial charge in [-0.25, -0.2) is 4.79 Å². The van der Waals surface area contributed by atoms with E-state index in [2.05, 4.69) is 19.7 Å². The van der Waals surface area contributed by atoms with Crippen LogP contribution >= 0.6 is 0 Å². The topological polar surface area (TPSA) is 74.6 Å². The van der Waals surface area contributed by atoms with E-state index in [1.54, 1.807) is 60.7 Å². The van der Waals surface area contributed by atoms with Crippen LogP contribution in [0.15, 0.2) is 86.0 Å². The number of carbonyl (C=O) groups is 2. The van der Waals surface area contributed by atoms with Crippen LogP contribution in [-0.2, 0) is 9.59 Å². The van der Waals surface area contributed by atoms with Gasteiger partial charge >= 0.3 is 11.9 Å². The van der Waals surface area contributed by atoms with Crippen molar-refractivity contribution in [3.8, 4) is 0 Å². The van der Waals surface area contributed by atoms with Gasteiger partial charge in [0.25, 0.3) is 0 Å². The molecule has 4 heteroatoms. The van der Waals surface area contributed by atoms with Crippen molar-refractivity contribution in [2.24, 2.45) is 5.41 Å². The van der Waals surface area contributed by atoms with Gasteiger partial charge < -0.3 is 10.2 Å². The van der Waals surface area contributed by atoms with Crippen LogP contribution in [0.3, 0.4) is 0 Å². The molecule has 0 fully saturated rings. The number of aliphatic carboxylic acids is 2. The minimum absolute atomic E-state index is 0.0989. The van der Waals surface area contributed by atoms with Crippen LogP contribution in [0.25, 0.3) is 11.1 Å². The third-order valence-electron chi connectivity index (χ3n) is 4.18. The van der Waals surface area contributed by atoms with E-state index in [-0.39, 0.29) is 11.1 Å². The molecule has 126 valence electrons. The summed E-state index contributed by atoms with van der Waals surface area (Å²) in [4.78, 5) is 24.0. The lowest BCUT2D eigenvalue weighted by Crippen LogP contribution is -2.38. The van der Waals surface area contributed by atoms with Crippen LogP contribution in [0.4, 0.5) is 0 Å². The molecule has 2 rings (SSSR count). The quantitative estimate of drug-likeness (QED) is 0.747. The van der Waals surface area contributed by atoms with Gasteiger partial charge in [0.1, 0.15) is 5.41 Å². The maximum absolute atomic E-state index is 12.4. The number of carboxylic acid groups (broad SMARTS) is 2. The van der Waals surface area contributed by atoms with Crippen molar-refractivity contribution in [1.29, 1.82) is 0 Å². The third-order valence-corrected chi connectivity index (χ3v) is 4.18. The molecule has 0 saturated heterocycles. The molecule has 0 spiro atoms. The predicted molar refractivity (Wildman–Crippen MR) is 97.8 cm³/mol. The van der Waals surface area contributed by atoms with Crippen LogP contribution < -0.4 is 0 Å². The summed E-state index contributed by atoms with van der Waals surface area (Å²) in [7, 11) is 0. The Morgan fingerprint density at radius 1 is 0.720 bits per heavy atom. The SMILES string of the molecule is C=C(C(=O)O)C(C(=C)c1ccccc1)(C(=C)c1ccccc1)C(=O)O. The summed E-state index contributed by atoms with van der Waals surface area (Å²) < 4.78 is 0. The molecule has 0 aromatic heterocycles. The molecule has 0 aliphatic heterocycles. The number of rotatable bonds is 7. The highest BCUT2D eigenvalue weighted by molar-refractivity contribution is 6.14. The summed E-state index contributed by atoms with van der Waals surface area (Å²) in [5, 5.41) is 19.6. The molecule has 0 heterocycles. The van der Waals surface area contributed by atoms with Crippen molar-refractivity contribution in [1.82, 2.24) is 0 Å². The van der Waals surface area contributed by atoms with Gasteiger partial charge in [-0.2, -0.15) is 0 Å². The molecule has 0 unspecified atom stereocenters. The van der Waals surface area contributed by atoms with E-state index < -0.39 is 22.9 Å². The number of benzene rings is 2. The molecule has 2 aromatic carbocycles. The monoisotopic (exact) mass is 334 g/mol. The Balaban J connectivity index is 2.76. The molecular weight excluding hydrogens is 316 g/mol. The Bertz CT molecular complexity index is 796. The zero-order valence-electron chi connectivity index (χ0n) is 13.6. The summed E-state index contributed by atoms with van der Waals surface area (Å²) in [6.07, 6.45) is 0. The zero-order valence-corrected chi connectivity index (χ0v) is 13.6. The largest absolute Gasteiger partial charge is 0.480 e. The molecule has 0 atom stereocenters. The van der Waals surface area contributed by atoms with E-state index in [1.165, 1.54) is 0 Å². The van der Waals surface area contributed by atoms with Crippen molar-refractivity contribution in [3.63, 3.8) is 0 Å². The highest BCUT2D eigenvalue weighted by Gasteiger charge is 2.50. The van der Waals surface area contributed by atoms with Crippen LogP contribution in [0, 0.1) is 5.41 Å². The summed E-state index contributed by atoms with van der Waals surface area (Å²) in [5.74, 6) is -2.81. The van der Waals surface area contributed by atoms with Gasteiger partial charge in [-0.1, -0.05) is 80.4 Å². The van der Waals surface area contributed by atoms with E-state index >= 15 is 0 Å². The lowest BCUT2D eigenvalue weighted by molar-refractivity contribution is -0.144. The summed E-state index contributed by atoms with van der Waals surface area (Å²) in [6.45, 7) is 11.3. The first kappa shape index (κ1) is 17.9. The van der Waals surface area contributed by atoms with Crippen molar-refractivity contribution < 1.29 is 19.8 Å². The molecule has 0 bridgehead atoms. The molecule has 0 amide bonds. The predicted octanol–water partition coefficient (Wildman–Crippen LogP) is 4.13. The molecule has 0 aliphatic carbocycles. The fourth-order valence-corrected chi connectivity index (χ4v) is 2.81. The molecule has 4 nitrogen and oxygen atoms in total.